The Balaban J connectivity index is 1.79. The Bertz CT molecular complexity index is 610. The molecule has 21 heavy (non-hydrogen) atoms. The largest absolute Gasteiger partial charge is 0.309 e. The summed E-state index contributed by atoms with van der Waals surface area (Å²) in [6, 6.07) is 4.76. The van der Waals surface area contributed by atoms with Crippen LogP contribution in [0.2, 0.25) is 0 Å². The molecule has 0 bridgehead atoms. The molecule has 2 fully saturated rings. The fourth-order valence-corrected chi connectivity index (χ4v) is 5.12. The van der Waals surface area contributed by atoms with Crippen molar-refractivity contribution in [3.63, 3.8) is 0 Å². The molecule has 2 aliphatic rings. The van der Waals surface area contributed by atoms with E-state index in [0.717, 1.165) is 11.2 Å². The van der Waals surface area contributed by atoms with Gasteiger partial charge >= 0.3 is 0 Å². The van der Waals surface area contributed by atoms with E-state index in [1.807, 2.05) is 12.3 Å². The molecule has 1 aliphatic carbocycles. The summed E-state index contributed by atoms with van der Waals surface area (Å²) in [6.45, 7) is 0. The summed E-state index contributed by atoms with van der Waals surface area (Å²) in [5, 5.41) is 0.579. The number of hydrogen-bond donors (Lipinski definition) is 0. The highest BCUT2D eigenvalue weighted by Crippen LogP contribution is 2.41. The zero-order valence-electron chi connectivity index (χ0n) is 12.5. The van der Waals surface area contributed by atoms with Crippen LogP contribution in [0, 0.1) is 0 Å². The van der Waals surface area contributed by atoms with Gasteiger partial charge in [-0.05, 0) is 43.6 Å². The highest BCUT2D eigenvalue weighted by molar-refractivity contribution is 7.99. The molecule has 2 aromatic rings. The van der Waals surface area contributed by atoms with Gasteiger partial charge in [-0.3, -0.25) is 0 Å². The molecule has 1 atom stereocenters. The Morgan fingerprint density at radius 1 is 1.05 bits per heavy atom. The first kappa shape index (κ1) is 13.6. The number of aromatic nitrogens is 3. The number of hydrogen-bond acceptors (Lipinski definition) is 3. The third-order valence-corrected chi connectivity index (χ3v) is 6.26. The monoisotopic (exact) mass is 301 g/mol. The molecule has 4 rings (SSSR count). The van der Waals surface area contributed by atoms with Crippen molar-refractivity contribution in [1.82, 2.24) is 14.5 Å². The Hall–Kier alpha value is -1.03. The van der Waals surface area contributed by atoms with Crippen molar-refractivity contribution in [2.24, 2.45) is 0 Å². The average molecular weight is 301 g/mol. The molecule has 0 aromatic carbocycles. The lowest BCUT2D eigenvalue weighted by Gasteiger charge is -2.28. The van der Waals surface area contributed by atoms with Gasteiger partial charge in [0, 0.05) is 12.2 Å². The Labute approximate surface area is 130 Å². The van der Waals surface area contributed by atoms with E-state index in [-0.39, 0.29) is 0 Å². The van der Waals surface area contributed by atoms with Crippen LogP contribution in [-0.4, -0.2) is 20.3 Å². The molecule has 2 aromatic heterocycles. The van der Waals surface area contributed by atoms with Crippen LogP contribution in [0.3, 0.4) is 0 Å². The summed E-state index contributed by atoms with van der Waals surface area (Å²) < 4.78 is 2.51. The lowest BCUT2D eigenvalue weighted by Crippen LogP contribution is -2.18. The van der Waals surface area contributed by atoms with E-state index in [1.165, 1.54) is 62.9 Å². The van der Waals surface area contributed by atoms with Crippen LogP contribution in [-0.2, 0) is 0 Å². The lowest BCUT2D eigenvalue weighted by atomic mass is 9.95. The van der Waals surface area contributed by atoms with Crippen LogP contribution in [0.5, 0.6) is 0 Å². The highest BCUT2D eigenvalue weighted by Gasteiger charge is 2.27. The quantitative estimate of drug-likeness (QED) is 0.791. The predicted octanol–water partition coefficient (Wildman–Crippen LogP) is 4.89. The van der Waals surface area contributed by atoms with Gasteiger partial charge < -0.3 is 4.57 Å². The summed E-state index contributed by atoms with van der Waals surface area (Å²) in [5.74, 6) is 2.59. The van der Waals surface area contributed by atoms with E-state index in [2.05, 4.69) is 27.4 Å². The van der Waals surface area contributed by atoms with Crippen molar-refractivity contribution >= 4 is 22.9 Å². The van der Waals surface area contributed by atoms with Crippen LogP contribution >= 0.6 is 11.8 Å². The first-order chi connectivity index (χ1) is 10.4. The van der Waals surface area contributed by atoms with E-state index in [0.29, 0.717) is 11.3 Å². The first-order valence-electron chi connectivity index (χ1n) is 8.38. The second kappa shape index (κ2) is 5.99. The molecule has 1 aliphatic heterocycles. The average Bonchev–Trinajstić information content (AvgIpc) is 2.96. The molecule has 0 N–H and O–H groups in total. The van der Waals surface area contributed by atoms with Crippen LogP contribution in [0.1, 0.15) is 68.5 Å². The first-order valence-corrected chi connectivity index (χ1v) is 9.43. The highest BCUT2D eigenvalue weighted by atomic mass is 32.2. The van der Waals surface area contributed by atoms with Crippen LogP contribution in [0.25, 0.3) is 11.2 Å². The minimum atomic E-state index is 0.579. The van der Waals surface area contributed by atoms with Crippen molar-refractivity contribution in [2.75, 3.05) is 5.75 Å². The maximum Gasteiger partial charge on any atom is 0.160 e. The molecule has 4 heteroatoms. The van der Waals surface area contributed by atoms with E-state index < -0.39 is 0 Å². The van der Waals surface area contributed by atoms with Crippen molar-refractivity contribution in [3.8, 4) is 0 Å². The third kappa shape index (κ3) is 2.59. The van der Waals surface area contributed by atoms with Crippen molar-refractivity contribution < 1.29 is 0 Å². The molecule has 3 nitrogen and oxygen atoms in total. The molecule has 0 amide bonds. The second-order valence-corrected chi connectivity index (χ2v) is 7.64. The van der Waals surface area contributed by atoms with E-state index in [1.54, 1.807) is 0 Å². The SMILES string of the molecule is c1cnc2c(c1)nc(C1CCCCS1)n2C1CCCCC1. The van der Waals surface area contributed by atoms with Gasteiger partial charge in [0.2, 0.25) is 0 Å². The minimum absolute atomic E-state index is 0.579. The zero-order chi connectivity index (χ0) is 14.1. The van der Waals surface area contributed by atoms with Crippen LogP contribution in [0.15, 0.2) is 18.3 Å². The molecule has 1 saturated heterocycles. The summed E-state index contributed by atoms with van der Waals surface area (Å²) in [5.41, 5.74) is 2.20. The fraction of sp³-hybridized carbons (Fsp3) is 0.647. The summed E-state index contributed by atoms with van der Waals surface area (Å²) in [7, 11) is 0. The standard InChI is InChI=1S/C17H23N3S/c1-2-7-13(8-3-1)20-16-14(9-6-11-18-16)19-17(20)15-10-4-5-12-21-15/h6,9,11,13,15H,1-5,7-8,10,12H2. The zero-order valence-corrected chi connectivity index (χ0v) is 13.3. The number of imidazole rings is 1. The van der Waals surface area contributed by atoms with Gasteiger partial charge in [-0.15, -0.1) is 0 Å². The van der Waals surface area contributed by atoms with Crippen LogP contribution < -0.4 is 0 Å². The molecular formula is C17H23N3S. The molecule has 1 saturated carbocycles. The Morgan fingerprint density at radius 2 is 1.90 bits per heavy atom. The number of thioether (sulfide) groups is 1. The molecule has 112 valence electrons. The smallest absolute Gasteiger partial charge is 0.160 e. The van der Waals surface area contributed by atoms with Gasteiger partial charge in [-0.2, -0.15) is 11.8 Å². The second-order valence-electron chi connectivity index (χ2n) is 6.33. The summed E-state index contributed by atoms with van der Waals surface area (Å²) in [4.78, 5) is 9.65. The fourth-order valence-electron chi connectivity index (χ4n) is 3.82. The predicted molar refractivity (Wildman–Crippen MR) is 88.7 cm³/mol. The van der Waals surface area contributed by atoms with E-state index in [9.17, 15) is 0 Å². The molecule has 3 heterocycles. The third-order valence-electron chi connectivity index (χ3n) is 4.88. The van der Waals surface area contributed by atoms with Crippen molar-refractivity contribution in [3.05, 3.63) is 24.2 Å². The van der Waals surface area contributed by atoms with Gasteiger partial charge in [0.15, 0.2) is 5.65 Å². The minimum Gasteiger partial charge on any atom is -0.309 e. The van der Waals surface area contributed by atoms with Gasteiger partial charge in [-0.25, -0.2) is 9.97 Å². The molecule has 0 spiro atoms. The Morgan fingerprint density at radius 3 is 2.71 bits per heavy atom. The Kier molecular flexibility index (Phi) is 3.89. The summed E-state index contributed by atoms with van der Waals surface area (Å²) >= 11 is 2.10. The molecule has 0 radical (unpaired) electrons. The number of pyridine rings is 1. The number of fused-ring (bicyclic) bond motifs is 1. The van der Waals surface area contributed by atoms with Gasteiger partial charge in [0.05, 0.1) is 5.25 Å². The normalized spacial score (nSPS) is 24.5. The number of rotatable bonds is 2. The van der Waals surface area contributed by atoms with Gasteiger partial charge in [0.25, 0.3) is 0 Å². The maximum absolute atomic E-state index is 4.99. The number of nitrogens with zero attached hydrogens (tertiary/aromatic N) is 3. The van der Waals surface area contributed by atoms with Crippen molar-refractivity contribution in [1.29, 1.82) is 0 Å². The van der Waals surface area contributed by atoms with Gasteiger partial charge in [0.1, 0.15) is 11.3 Å². The van der Waals surface area contributed by atoms with Crippen LogP contribution in [0.4, 0.5) is 0 Å². The maximum atomic E-state index is 4.99. The van der Waals surface area contributed by atoms with E-state index in [4.69, 9.17) is 4.98 Å². The molecule has 1 unspecified atom stereocenters. The van der Waals surface area contributed by atoms with Crippen molar-refractivity contribution in [2.45, 2.75) is 62.7 Å². The van der Waals surface area contributed by atoms with E-state index >= 15 is 0 Å². The van der Waals surface area contributed by atoms with Gasteiger partial charge in [-0.1, -0.05) is 25.7 Å². The molecular weight excluding hydrogens is 278 g/mol. The topological polar surface area (TPSA) is 30.7 Å². The lowest BCUT2D eigenvalue weighted by molar-refractivity contribution is 0.349. The summed E-state index contributed by atoms with van der Waals surface area (Å²) in [6.07, 6.45) is 12.6.